The molecule has 0 bridgehead atoms. The SMILES string of the molecule is CCCCCCCCCC(=O)NCC1NCCCC1CC. The Labute approximate surface area is 131 Å². The van der Waals surface area contributed by atoms with Crippen LogP contribution >= 0.6 is 0 Å². The molecular formula is C18H36N2O. The number of hydrogen-bond donors (Lipinski definition) is 2. The Hall–Kier alpha value is -0.570. The lowest BCUT2D eigenvalue weighted by Crippen LogP contribution is -2.48. The summed E-state index contributed by atoms with van der Waals surface area (Å²) in [7, 11) is 0. The van der Waals surface area contributed by atoms with Crippen molar-refractivity contribution in [1.82, 2.24) is 10.6 Å². The Morgan fingerprint density at radius 1 is 1.10 bits per heavy atom. The first-order valence-electron chi connectivity index (χ1n) is 9.28. The van der Waals surface area contributed by atoms with E-state index in [1.165, 1.54) is 57.8 Å². The molecule has 0 saturated carbocycles. The maximum atomic E-state index is 11.9. The highest BCUT2D eigenvalue weighted by Gasteiger charge is 2.23. The summed E-state index contributed by atoms with van der Waals surface area (Å²) in [5.74, 6) is 0.975. The second-order valence-electron chi connectivity index (χ2n) is 6.55. The van der Waals surface area contributed by atoms with E-state index in [-0.39, 0.29) is 5.91 Å². The van der Waals surface area contributed by atoms with E-state index in [1.807, 2.05) is 0 Å². The highest BCUT2D eigenvalue weighted by Crippen LogP contribution is 2.19. The van der Waals surface area contributed by atoms with Crippen molar-refractivity contribution < 1.29 is 4.79 Å². The molecule has 1 amide bonds. The Morgan fingerprint density at radius 2 is 1.81 bits per heavy atom. The van der Waals surface area contributed by atoms with Crippen LogP contribution in [0.15, 0.2) is 0 Å². The van der Waals surface area contributed by atoms with Crippen LogP contribution in [-0.2, 0) is 4.79 Å². The Bertz CT molecular complexity index is 268. The summed E-state index contributed by atoms with van der Waals surface area (Å²) in [6, 6.07) is 0.488. The molecule has 3 nitrogen and oxygen atoms in total. The van der Waals surface area contributed by atoms with Gasteiger partial charge in [0, 0.05) is 19.0 Å². The lowest BCUT2D eigenvalue weighted by atomic mass is 9.88. The summed E-state index contributed by atoms with van der Waals surface area (Å²) < 4.78 is 0. The van der Waals surface area contributed by atoms with Crippen molar-refractivity contribution in [2.45, 2.75) is 90.5 Å². The van der Waals surface area contributed by atoms with Crippen molar-refractivity contribution in [2.75, 3.05) is 13.1 Å². The third-order valence-corrected chi connectivity index (χ3v) is 4.78. The van der Waals surface area contributed by atoms with Crippen molar-refractivity contribution >= 4 is 5.91 Å². The summed E-state index contributed by atoms with van der Waals surface area (Å²) in [4.78, 5) is 11.9. The quantitative estimate of drug-likeness (QED) is 0.565. The maximum Gasteiger partial charge on any atom is 0.220 e. The van der Waals surface area contributed by atoms with Crippen molar-refractivity contribution in [2.24, 2.45) is 5.92 Å². The van der Waals surface area contributed by atoms with Crippen LogP contribution in [0.4, 0.5) is 0 Å². The Morgan fingerprint density at radius 3 is 2.52 bits per heavy atom. The van der Waals surface area contributed by atoms with Gasteiger partial charge in [-0.3, -0.25) is 4.79 Å². The van der Waals surface area contributed by atoms with Gasteiger partial charge in [0.2, 0.25) is 5.91 Å². The van der Waals surface area contributed by atoms with Gasteiger partial charge in [-0.1, -0.05) is 58.8 Å². The molecule has 2 N–H and O–H groups in total. The predicted molar refractivity (Wildman–Crippen MR) is 90.4 cm³/mol. The molecule has 0 spiro atoms. The minimum absolute atomic E-state index is 0.241. The lowest BCUT2D eigenvalue weighted by molar-refractivity contribution is -0.121. The molecule has 0 aromatic rings. The second-order valence-corrected chi connectivity index (χ2v) is 6.55. The Kier molecular flexibility index (Phi) is 10.6. The summed E-state index contributed by atoms with van der Waals surface area (Å²) >= 11 is 0. The predicted octanol–water partition coefficient (Wildman–Crippen LogP) is 4.02. The largest absolute Gasteiger partial charge is 0.355 e. The first kappa shape index (κ1) is 18.5. The minimum atomic E-state index is 0.241. The first-order valence-corrected chi connectivity index (χ1v) is 9.28. The summed E-state index contributed by atoms with van der Waals surface area (Å²) in [5, 5.41) is 6.68. The molecule has 1 rings (SSSR count). The zero-order valence-corrected chi connectivity index (χ0v) is 14.3. The van der Waals surface area contributed by atoms with E-state index in [2.05, 4.69) is 24.5 Å². The zero-order chi connectivity index (χ0) is 15.3. The molecule has 0 aromatic heterocycles. The van der Waals surface area contributed by atoms with Gasteiger partial charge in [0.15, 0.2) is 0 Å². The molecule has 0 radical (unpaired) electrons. The van der Waals surface area contributed by atoms with Gasteiger partial charge in [-0.25, -0.2) is 0 Å². The molecule has 2 unspecified atom stereocenters. The summed E-state index contributed by atoms with van der Waals surface area (Å²) in [6.07, 6.45) is 13.4. The number of nitrogens with one attached hydrogen (secondary N) is 2. The highest BCUT2D eigenvalue weighted by molar-refractivity contribution is 5.75. The third-order valence-electron chi connectivity index (χ3n) is 4.78. The Balaban J connectivity index is 2.00. The number of carbonyl (C=O) groups is 1. The zero-order valence-electron chi connectivity index (χ0n) is 14.3. The molecule has 1 heterocycles. The molecule has 1 aliphatic heterocycles. The summed E-state index contributed by atoms with van der Waals surface area (Å²) in [6.45, 7) is 6.42. The number of unbranched alkanes of at least 4 members (excludes halogenated alkanes) is 6. The number of piperidine rings is 1. The number of carbonyl (C=O) groups excluding carboxylic acids is 1. The smallest absolute Gasteiger partial charge is 0.220 e. The number of rotatable bonds is 11. The van der Waals surface area contributed by atoms with Crippen LogP contribution in [0.25, 0.3) is 0 Å². The number of hydrogen-bond acceptors (Lipinski definition) is 2. The van der Waals surface area contributed by atoms with E-state index in [4.69, 9.17) is 0 Å². The van der Waals surface area contributed by atoms with Crippen molar-refractivity contribution in [3.63, 3.8) is 0 Å². The van der Waals surface area contributed by atoms with Crippen LogP contribution in [0, 0.1) is 5.92 Å². The maximum absolute atomic E-state index is 11.9. The molecule has 1 saturated heterocycles. The van der Waals surface area contributed by atoms with Crippen LogP contribution < -0.4 is 10.6 Å². The van der Waals surface area contributed by atoms with E-state index in [9.17, 15) is 4.79 Å². The van der Waals surface area contributed by atoms with Crippen molar-refractivity contribution in [3.05, 3.63) is 0 Å². The standard InChI is InChI=1S/C18H36N2O/c1-3-5-6-7-8-9-10-13-18(21)20-15-17-16(4-2)12-11-14-19-17/h16-17,19H,3-15H2,1-2H3,(H,20,21). The van der Waals surface area contributed by atoms with Gasteiger partial charge in [0.05, 0.1) is 0 Å². The van der Waals surface area contributed by atoms with E-state index < -0.39 is 0 Å². The fourth-order valence-electron chi connectivity index (χ4n) is 3.30. The average Bonchev–Trinajstić information content (AvgIpc) is 2.52. The first-order chi connectivity index (χ1) is 10.3. The second kappa shape index (κ2) is 12.0. The van der Waals surface area contributed by atoms with Crippen LogP contribution in [0.3, 0.4) is 0 Å². The van der Waals surface area contributed by atoms with Gasteiger partial charge in [-0.2, -0.15) is 0 Å². The fourth-order valence-corrected chi connectivity index (χ4v) is 3.30. The highest BCUT2D eigenvalue weighted by atomic mass is 16.1. The molecule has 0 aromatic carbocycles. The molecule has 3 heteroatoms. The van der Waals surface area contributed by atoms with Crippen LogP contribution in [0.2, 0.25) is 0 Å². The van der Waals surface area contributed by atoms with Gasteiger partial charge in [-0.15, -0.1) is 0 Å². The van der Waals surface area contributed by atoms with Gasteiger partial charge in [-0.05, 0) is 31.7 Å². The van der Waals surface area contributed by atoms with Gasteiger partial charge >= 0.3 is 0 Å². The lowest BCUT2D eigenvalue weighted by Gasteiger charge is -2.32. The molecule has 2 atom stereocenters. The summed E-state index contributed by atoms with van der Waals surface area (Å²) in [5.41, 5.74) is 0. The molecule has 21 heavy (non-hydrogen) atoms. The minimum Gasteiger partial charge on any atom is -0.355 e. The van der Waals surface area contributed by atoms with Crippen LogP contribution in [0.1, 0.15) is 84.5 Å². The van der Waals surface area contributed by atoms with E-state index in [1.54, 1.807) is 0 Å². The normalized spacial score (nSPS) is 22.2. The van der Waals surface area contributed by atoms with Crippen LogP contribution in [-0.4, -0.2) is 25.0 Å². The topological polar surface area (TPSA) is 41.1 Å². The third kappa shape index (κ3) is 8.45. The monoisotopic (exact) mass is 296 g/mol. The molecular weight excluding hydrogens is 260 g/mol. The van der Waals surface area contributed by atoms with Crippen molar-refractivity contribution in [3.8, 4) is 0 Å². The molecule has 0 aliphatic carbocycles. The molecule has 1 fully saturated rings. The van der Waals surface area contributed by atoms with Gasteiger partial charge in [0.25, 0.3) is 0 Å². The van der Waals surface area contributed by atoms with Gasteiger partial charge < -0.3 is 10.6 Å². The van der Waals surface area contributed by atoms with E-state index in [0.717, 1.165) is 25.4 Å². The molecule has 1 aliphatic rings. The fraction of sp³-hybridized carbons (Fsp3) is 0.944. The average molecular weight is 296 g/mol. The van der Waals surface area contributed by atoms with E-state index in [0.29, 0.717) is 12.5 Å². The van der Waals surface area contributed by atoms with E-state index >= 15 is 0 Å². The molecule has 124 valence electrons. The number of amides is 1. The van der Waals surface area contributed by atoms with Gasteiger partial charge in [0.1, 0.15) is 0 Å². The van der Waals surface area contributed by atoms with Crippen molar-refractivity contribution in [1.29, 1.82) is 0 Å². The van der Waals surface area contributed by atoms with Crippen LogP contribution in [0.5, 0.6) is 0 Å².